The number of nitrogens with one attached hydrogen (secondary N) is 4. The quantitative estimate of drug-likeness (QED) is 0.0259. The smallest absolute Gasteiger partial charge is 0.253 e. The number of amides is 5. The highest BCUT2D eigenvalue weighted by Crippen LogP contribution is 2.53. The summed E-state index contributed by atoms with van der Waals surface area (Å²) in [5.74, 6) is -5.59. The molecular formula is C49H63N7O17. The number of hydrogen-bond acceptors (Lipinski definition) is 20. The SMILES string of the molecule is COc1cccc2c1C(=O)c1c(O)c3c(c(O)c1C2=O)C[C@@](O)(C(=O)NCCCN(C)CCCNC(O)CNC(=O)CNC(=O)CCN1C(=O)C=CC1=O)C[C@@H]3O[C@H]1C[C@H]2[C@H](O[C@@H]3[C@@H](OC)OCCN32)[C@H](C)O1. The highest BCUT2D eigenvalue weighted by atomic mass is 16.7. The first-order valence-electron chi connectivity index (χ1n) is 24.4. The molecule has 24 heteroatoms. The second kappa shape index (κ2) is 22.7. The minimum Gasteiger partial charge on any atom is -0.507 e. The van der Waals surface area contributed by atoms with Crippen molar-refractivity contribution < 1.29 is 82.4 Å². The molecule has 2 aromatic rings. The Labute approximate surface area is 420 Å². The van der Waals surface area contributed by atoms with E-state index < -0.39 is 119 Å². The number of ether oxygens (including phenoxy) is 6. The van der Waals surface area contributed by atoms with Gasteiger partial charge in [0.25, 0.3) is 17.7 Å². The fraction of sp³-hybridized carbons (Fsp3) is 0.571. The zero-order valence-corrected chi connectivity index (χ0v) is 41.0. The lowest BCUT2D eigenvalue weighted by molar-refractivity contribution is -0.256. The molecule has 9 atom stereocenters. The third-order valence-electron chi connectivity index (χ3n) is 14.1. The summed E-state index contributed by atoms with van der Waals surface area (Å²) in [6.45, 7) is 3.83. The van der Waals surface area contributed by atoms with Crippen molar-refractivity contribution in [3.63, 3.8) is 0 Å². The number of aliphatic hydroxyl groups is 2. The van der Waals surface area contributed by atoms with Gasteiger partial charge < -0.3 is 69.7 Å². The van der Waals surface area contributed by atoms with Gasteiger partial charge in [-0.15, -0.1) is 0 Å². The van der Waals surface area contributed by atoms with Gasteiger partial charge in [0.15, 0.2) is 24.6 Å². The second-order valence-electron chi connectivity index (χ2n) is 18.9. The van der Waals surface area contributed by atoms with Gasteiger partial charge in [-0.3, -0.25) is 48.7 Å². The molecule has 4 aliphatic heterocycles. The fourth-order valence-corrected chi connectivity index (χ4v) is 10.4. The van der Waals surface area contributed by atoms with E-state index in [4.69, 9.17) is 28.4 Å². The second-order valence-corrected chi connectivity index (χ2v) is 18.9. The van der Waals surface area contributed by atoms with E-state index in [1.807, 2.05) is 18.9 Å². The Morgan fingerprint density at radius 1 is 0.932 bits per heavy atom. The maximum absolute atomic E-state index is 14.2. The highest BCUT2D eigenvalue weighted by Gasteiger charge is 2.55. The van der Waals surface area contributed by atoms with E-state index in [1.54, 1.807) is 0 Å². The molecule has 1 unspecified atom stereocenters. The van der Waals surface area contributed by atoms with E-state index in [-0.39, 0.29) is 79.2 Å². The predicted octanol–water partition coefficient (Wildman–Crippen LogP) is -1.57. The Balaban J connectivity index is 0.856. The molecule has 8 N–H and O–H groups in total. The van der Waals surface area contributed by atoms with Crippen LogP contribution in [-0.2, 0) is 54.1 Å². The van der Waals surface area contributed by atoms with Gasteiger partial charge in [-0.1, -0.05) is 12.1 Å². The van der Waals surface area contributed by atoms with Crippen LogP contribution in [0.3, 0.4) is 0 Å². The number of imide groups is 1. The summed E-state index contributed by atoms with van der Waals surface area (Å²) >= 11 is 0. The molecule has 0 radical (unpaired) electrons. The number of phenols is 2. The standard InChI is InChI=1S/C49H63N7O17/c1-25-45-28(55-18-19-70-47(69-4)46(55)73-45)20-36(71-25)72-30-22-49(67,21-27-38(30)44(65)40-39(42(27)63)41(62)26-8-5-9-29(68-3)37(26)43(40)64)48(66)51-14-7-16-54(2)15-6-13-50-32(58)23-53-33(59)24-52-31(57)12-17-56-34(60)10-11-35(56)61/h5,8-11,25,28,30,32,36,45-47,50,58,63,65,67H,6-7,12-24H2,1-4H3,(H,51,66)(H,52,57)(H,53,59)/t25-,28-,30-,32?,36-,45+,46+,47-,49-/m0/s1. The number of phenolic OH excluding ortho intramolecular Hbond substituents is 2. The van der Waals surface area contributed by atoms with Crippen molar-refractivity contribution in [1.29, 1.82) is 0 Å². The van der Waals surface area contributed by atoms with Gasteiger partial charge in [-0.05, 0) is 52.5 Å². The largest absolute Gasteiger partial charge is 0.507 e. The Morgan fingerprint density at radius 3 is 2.38 bits per heavy atom. The molecule has 2 aromatic carbocycles. The van der Waals surface area contributed by atoms with Crippen molar-refractivity contribution in [1.82, 2.24) is 36.0 Å². The number of aliphatic hydroxyl groups excluding tert-OH is 1. The maximum atomic E-state index is 14.2. The predicted molar refractivity (Wildman–Crippen MR) is 252 cm³/mol. The van der Waals surface area contributed by atoms with E-state index in [2.05, 4.69) is 26.2 Å². The number of rotatable bonds is 21. The Morgan fingerprint density at radius 2 is 1.66 bits per heavy atom. The molecule has 0 bridgehead atoms. The lowest BCUT2D eigenvalue weighted by Crippen LogP contribution is -2.55. The summed E-state index contributed by atoms with van der Waals surface area (Å²) < 4.78 is 36.0. The first-order valence-corrected chi connectivity index (χ1v) is 24.4. The van der Waals surface area contributed by atoms with E-state index in [0.29, 0.717) is 45.6 Å². The third kappa shape index (κ3) is 11.1. The molecule has 3 saturated heterocycles. The lowest BCUT2D eigenvalue weighted by Gasteiger charge is -2.43. The molecule has 8 rings (SSSR count). The van der Waals surface area contributed by atoms with E-state index in [1.165, 1.54) is 32.4 Å². The summed E-state index contributed by atoms with van der Waals surface area (Å²) in [6.07, 6.45) is -2.96. The van der Waals surface area contributed by atoms with E-state index in [0.717, 1.165) is 17.1 Å². The number of benzene rings is 2. The van der Waals surface area contributed by atoms with Gasteiger partial charge in [-0.2, -0.15) is 0 Å². The molecule has 6 aliphatic rings. The summed E-state index contributed by atoms with van der Waals surface area (Å²) in [5.41, 5.74) is -3.48. The van der Waals surface area contributed by atoms with Crippen molar-refractivity contribution in [2.24, 2.45) is 0 Å². The molecule has 5 amide bonds. The number of carbonyl (C=O) groups excluding carboxylic acids is 7. The van der Waals surface area contributed by atoms with E-state index >= 15 is 0 Å². The molecular weight excluding hydrogens is 959 g/mol. The van der Waals surface area contributed by atoms with Gasteiger partial charge in [0.2, 0.25) is 17.6 Å². The number of ketones is 2. The topological polar surface area (TPSA) is 314 Å². The van der Waals surface area contributed by atoms with Crippen molar-refractivity contribution in [2.45, 2.75) is 100 Å². The minimum absolute atomic E-state index is 0.0512. The van der Waals surface area contributed by atoms with Gasteiger partial charge in [0, 0.05) is 87.3 Å². The van der Waals surface area contributed by atoms with Crippen LogP contribution in [0.4, 0.5) is 0 Å². The maximum Gasteiger partial charge on any atom is 0.253 e. The van der Waals surface area contributed by atoms with Crippen LogP contribution in [0.1, 0.15) is 88.1 Å². The van der Waals surface area contributed by atoms with E-state index in [9.17, 15) is 54.0 Å². The molecule has 0 aromatic heterocycles. The molecule has 4 heterocycles. The third-order valence-corrected chi connectivity index (χ3v) is 14.1. The van der Waals surface area contributed by atoms with Crippen LogP contribution in [0.2, 0.25) is 0 Å². The summed E-state index contributed by atoms with van der Waals surface area (Å²) in [7, 11) is 4.75. The minimum atomic E-state index is -2.23. The zero-order valence-electron chi connectivity index (χ0n) is 41.0. The van der Waals surface area contributed by atoms with Gasteiger partial charge in [0.1, 0.15) is 35.2 Å². The molecule has 0 saturated carbocycles. The first-order chi connectivity index (χ1) is 34.9. The number of methoxy groups -OCH3 is 2. The zero-order chi connectivity index (χ0) is 52.3. The van der Waals surface area contributed by atoms with Crippen LogP contribution in [0.25, 0.3) is 0 Å². The average molecular weight is 1020 g/mol. The highest BCUT2D eigenvalue weighted by molar-refractivity contribution is 6.31. The molecule has 2 aliphatic carbocycles. The van der Waals surface area contributed by atoms with Crippen LogP contribution in [0.5, 0.6) is 17.2 Å². The Kier molecular flexibility index (Phi) is 16.6. The summed E-state index contributed by atoms with van der Waals surface area (Å²) in [4.78, 5) is 95.0. The molecule has 3 fully saturated rings. The molecule has 24 nitrogen and oxygen atoms in total. The van der Waals surface area contributed by atoms with Crippen LogP contribution in [0.15, 0.2) is 30.4 Å². The number of aromatic hydroxyl groups is 2. The average Bonchev–Trinajstić information content (AvgIpc) is 3.92. The number of carbonyl (C=O) groups is 7. The first kappa shape index (κ1) is 53.4. The van der Waals surface area contributed by atoms with Gasteiger partial charge in [0.05, 0.1) is 55.7 Å². The number of hydrogen-bond donors (Lipinski definition) is 8. The molecule has 73 heavy (non-hydrogen) atoms. The van der Waals surface area contributed by atoms with Crippen LogP contribution in [0, 0.1) is 0 Å². The number of nitrogens with zero attached hydrogens (tertiary/aromatic N) is 3. The fourth-order valence-electron chi connectivity index (χ4n) is 10.4. The lowest BCUT2D eigenvalue weighted by atomic mass is 9.72. The van der Waals surface area contributed by atoms with Crippen LogP contribution >= 0.6 is 0 Å². The summed E-state index contributed by atoms with van der Waals surface area (Å²) in [5, 5.41) is 57.3. The van der Waals surface area contributed by atoms with Crippen molar-refractivity contribution in [3.8, 4) is 17.2 Å². The van der Waals surface area contributed by atoms with Crippen molar-refractivity contribution >= 4 is 41.1 Å². The van der Waals surface area contributed by atoms with Crippen molar-refractivity contribution in [2.75, 3.05) is 80.2 Å². The van der Waals surface area contributed by atoms with Crippen molar-refractivity contribution in [3.05, 3.63) is 63.7 Å². The molecule has 0 spiro atoms. The Hall–Kier alpha value is -5.93. The Bertz CT molecular complexity index is 2510. The normalized spacial score (nSPS) is 26.7. The number of fused-ring (bicyclic) bond motifs is 6. The van der Waals surface area contributed by atoms with Crippen LogP contribution < -0.4 is 26.0 Å². The number of morpholine rings is 1. The monoisotopic (exact) mass is 1020 g/mol. The van der Waals surface area contributed by atoms with Gasteiger partial charge in [-0.25, -0.2) is 0 Å². The molecule has 396 valence electrons. The van der Waals surface area contributed by atoms with Gasteiger partial charge >= 0.3 is 0 Å². The van der Waals surface area contributed by atoms with Crippen LogP contribution in [-0.4, -0.2) is 205 Å². The summed E-state index contributed by atoms with van der Waals surface area (Å²) in [6, 6.07) is 4.23.